The standard InChI is InChI=1S/C68H126O6/c1-4-7-10-13-16-19-22-25-28-30-32-33-34-35-37-38-40-43-46-49-52-55-58-61-67(70)73-64-65(63-72-66(69)60-57-54-51-48-45-42-27-24-21-18-15-12-9-6-3)74-68(71)62-59-56-53-50-47-44-41-39-36-31-29-26-23-20-17-14-11-8-5-2/h15,18,24,26-27,29,65H,4-14,16-17,19-23,25,28,30-64H2,1-3H3/b18-15-,27-24-,29-26-. The van der Waals surface area contributed by atoms with Crippen LogP contribution in [0.25, 0.3) is 0 Å². The van der Waals surface area contributed by atoms with Crippen LogP contribution in [0, 0.1) is 0 Å². The molecule has 0 saturated carbocycles. The van der Waals surface area contributed by atoms with E-state index in [4.69, 9.17) is 14.2 Å². The third-order valence-electron chi connectivity index (χ3n) is 14.9. The molecule has 0 aliphatic heterocycles. The smallest absolute Gasteiger partial charge is 0.306 e. The Morgan fingerprint density at radius 1 is 0.270 bits per heavy atom. The van der Waals surface area contributed by atoms with Crippen molar-refractivity contribution in [1.82, 2.24) is 0 Å². The number of esters is 3. The maximum atomic E-state index is 12.9. The van der Waals surface area contributed by atoms with Crippen molar-refractivity contribution in [3.63, 3.8) is 0 Å². The molecule has 0 aliphatic carbocycles. The largest absolute Gasteiger partial charge is 0.462 e. The zero-order valence-corrected chi connectivity index (χ0v) is 49.9. The zero-order chi connectivity index (χ0) is 53.6. The van der Waals surface area contributed by atoms with E-state index in [0.717, 1.165) is 77.0 Å². The molecule has 0 amide bonds. The molecular formula is C68H126O6. The van der Waals surface area contributed by atoms with Gasteiger partial charge < -0.3 is 14.2 Å². The van der Waals surface area contributed by atoms with Gasteiger partial charge in [0.1, 0.15) is 13.2 Å². The van der Waals surface area contributed by atoms with Gasteiger partial charge in [0.2, 0.25) is 0 Å². The lowest BCUT2D eigenvalue weighted by Gasteiger charge is -2.18. The first-order valence-corrected chi connectivity index (χ1v) is 33.0. The highest BCUT2D eigenvalue weighted by Crippen LogP contribution is 2.18. The van der Waals surface area contributed by atoms with Crippen LogP contribution in [0.5, 0.6) is 0 Å². The Balaban J connectivity index is 4.28. The molecule has 0 aromatic heterocycles. The third-order valence-corrected chi connectivity index (χ3v) is 14.9. The first-order valence-electron chi connectivity index (χ1n) is 33.0. The minimum absolute atomic E-state index is 0.0731. The summed E-state index contributed by atoms with van der Waals surface area (Å²) >= 11 is 0. The Morgan fingerprint density at radius 3 is 0.797 bits per heavy atom. The van der Waals surface area contributed by atoms with Crippen LogP contribution in [-0.4, -0.2) is 37.2 Å². The Bertz CT molecular complexity index is 1240. The van der Waals surface area contributed by atoms with Crippen LogP contribution < -0.4 is 0 Å². The number of carbonyl (C=O) groups excluding carboxylic acids is 3. The minimum atomic E-state index is -0.777. The van der Waals surface area contributed by atoms with Crippen LogP contribution in [0.1, 0.15) is 361 Å². The summed E-state index contributed by atoms with van der Waals surface area (Å²) in [7, 11) is 0. The Labute approximate surface area is 461 Å². The van der Waals surface area contributed by atoms with Crippen molar-refractivity contribution in [2.24, 2.45) is 0 Å². The minimum Gasteiger partial charge on any atom is -0.462 e. The average Bonchev–Trinajstić information content (AvgIpc) is 3.40. The second-order valence-electron chi connectivity index (χ2n) is 22.4. The van der Waals surface area contributed by atoms with Gasteiger partial charge >= 0.3 is 17.9 Å². The topological polar surface area (TPSA) is 78.9 Å². The van der Waals surface area contributed by atoms with Crippen molar-refractivity contribution in [3.05, 3.63) is 36.5 Å². The molecule has 0 bridgehead atoms. The second-order valence-corrected chi connectivity index (χ2v) is 22.4. The average molecular weight is 1040 g/mol. The predicted octanol–water partition coefficient (Wildman–Crippen LogP) is 22.4. The highest BCUT2D eigenvalue weighted by atomic mass is 16.6. The lowest BCUT2D eigenvalue weighted by molar-refractivity contribution is -0.167. The van der Waals surface area contributed by atoms with Gasteiger partial charge in [0.05, 0.1) is 0 Å². The van der Waals surface area contributed by atoms with Gasteiger partial charge in [0, 0.05) is 19.3 Å². The number of carbonyl (C=O) groups is 3. The number of hydrogen-bond acceptors (Lipinski definition) is 6. The molecule has 6 nitrogen and oxygen atoms in total. The molecule has 0 saturated heterocycles. The van der Waals surface area contributed by atoms with E-state index >= 15 is 0 Å². The van der Waals surface area contributed by atoms with Crippen molar-refractivity contribution in [3.8, 4) is 0 Å². The molecule has 0 spiro atoms. The third kappa shape index (κ3) is 60.5. The molecule has 0 fully saturated rings. The van der Waals surface area contributed by atoms with E-state index in [1.165, 1.54) is 244 Å². The lowest BCUT2D eigenvalue weighted by atomic mass is 10.0. The Morgan fingerprint density at radius 2 is 0.500 bits per heavy atom. The summed E-state index contributed by atoms with van der Waals surface area (Å²) in [4.78, 5) is 38.3. The van der Waals surface area contributed by atoms with E-state index < -0.39 is 6.10 Å². The van der Waals surface area contributed by atoms with Crippen LogP contribution >= 0.6 is 0 Å². The van der Waals surface area contributed by atoms with Crippen molar-refractivity contribution >= 4 is 17.9 Å². The van der Waals surface area contributed by atoms with Gasteiger partial charge in [0.15, 0.2) is 6.10 Å². The highest BCUT2D eigenvalue weighted by Gasteiger charge is 2.19. The quantitative estimate of drug-likeness (QED) is 0.0261. The highest BCUT2D eigenvalue weighted by molar-refractivity contribution is 5.71. The van der Waals surface area contributed by atoms with Crippen LogP contribution in [-0.2, 0) is 28.6 Å². The fourth-order valence-electron chi connectivity index (χ4n) is 9.87. The summed E-state index contributed by atoms with van der Waals surface area (Å²) in [5.41, 5.74) is 0. The van der Waals surface area contributed by atoms with E-state index in [-0.39, 0.29) is 31.1 Å². The monoisotopic (exact) mass is 1040 g/mol. The molecule has 0 aliphatic rings. The van der Waals surface area contributed by atoms with Crippen molar-refractivity contribution in [2.45, 2.75) is 367 Å². The molecule has 0 rings (SSSR count). The normalized spacial score (nSPS) is 12.2. The molecule has 0 radical (unpaired) electrons. The predicted molar refractivity (Wildman–Crippen MR) is 321 cm³/mol. The molecule has 434 valence electrons. The molecule has 0 heterocycles. The maximum absolute atomic E-state index is 12.9. The van der Waals surface area contributed by atoms with Crippen molar-refractivity contribution in [1.29, 1.82) is 0 Å². The van der Waals surface area contributed by atoms with E-state index in [1.54, 1.807) is 0 Å². The van der Waals surface area contributed by atoms with Gasteiger partial charge in [-0.15, -0.1) is 0 Å². The van der Waals surface area contributed by atoms with E-state index in [9.17, 15) is 14.4 Å². The van der Waals surface area contributed by atoms with Gasteiger partial charge in [0.25, 0.3) is 0 Å². The van der Waals surface area contributed by atoms with Crippen LogP contribution in [0.4, 0.5) is 0 Å². The van der Waals surface area contributed by atoms with Gasteiger partial charge in [-0.25, -0.2) is 0 Å². The lowest BCUT2D eigenvalue weighted by Crippen LogP contribution is -2.30. The summed E-state index contributed by atoms with van der Waals surface area (Å²) < 4.78 is 16.9. The molecule has 0 aromatic rings. The molecule has 74 heavy (non-hydrogen) atoms. The van der Waals surface area contributed by atoms with E-state index in [2.05, 4.69) is 57.2 Å². The summed E-state index contributed by atoms with van der Waals surface area (Å²) in [5, 5.41) is 0. The number of rotatable bonds is 61. The van der Waals surface area contributed by atoms with Crippen molar-refractivity contribution in [2.75, 3.05) is 13.2 Å². The van der Waals surface area contributed by atoms with E-state index in [0.29, 0.717) is 19.3 Å². The molecule has 0 aromatic carbocycles. The Hall–Kier alpha value is -2.37. The number of allylic oxidation sites excluding steroid dienone is 6. The molecule has 6 heteroatoms. The Kier molecular flexibility index (Phi) is 61.1. The summed E-state index contributed by atoms with van der Waals surface area (Å²) in [6, 6.07) is 0. The van der Waals surface area contributed by atoms with Crippen LogP contribution in [0.15, 0.2) is 36.5 Å². The van der Waals surface area contributed by atoms with Crippen LogP contribution in [0.2, 0.25) is 0 Å². The first kappa shape index (κ1) is 71.6. The summed E-state index contributed by atoms with van der Waals surface area (Å²) in [6.45, 7) is 6.65. The zero-order valence-electron chi connectivity index (χ0n) is 49.9. The first-order chi connectivity index (χ1) is 36.5. The van der Waals surface area contributed by atoms with E-state index in [1.807, 2.05) is 0 Å². The van der Waals surface area contributed by atoms with Gasteiger partial charge in [-0.3, -0.25) is 14.4 Å². The molecule has 1 unspecified atom stereocenters. The van der Waals surface area contributed by atoms with Crippen molar-refractivity contribution < 1.29 is 28.6 Å². The SMILES string of the molecule is CCCC/C=C\C/C=C\CCCCCCCC(=O)OCC(COC(=O)CCCCCCCCCCCCCCCCCCCCCCCCC)OC(=O)CCCCCCCCCCC/C=C\CCCCCCCC. The molecule has 0 N–H and O–H groups in total. The maximum Gasteiger partial charge on any atom is 0.306 e. The number of ether oxygens (including phenoxy) is 3. The summed E-state index contributed by atoms with van der Waals surface area (Å²) in [6.07, 6.45) is 77.3. The molecular weight excluding hydrogens is 913 g/mol. The van der Waals surface area contributed by atoms with Gasteiger partial charge in [-0.1, -0.05) is 308 Å². The van der Waals surface area contributed by atoms with Gasteiger partial charge in [-0.2, -0.15) is 0 Å². The van der Waals surface area contributed by atoms with Gasteiger partial charge in [-0.05, 0) is 70.6 Å². The molecule has 1 atom stereocenters. The fourth-order valence-corrected chi connectivity index (χ4v) is 9.87. The van der Waals surface area contributed by atoms with Crippen LogP contribution in [0.3, 0.4) is 0 Å². The second kappa shape index (κ2) is 63.2. The fraction of sp³-hybridized carbons (Fsp3) is 0.868. The summed E-state index contributed by atoms with van der Waals surface area (Å²) in [5.74, 6) is -0.865. The number of unbranched alkanes of at least 4 members (excludes halogenated alkanes) is 44. The number of hydrogen-bond donors (Lipinski definition) is 0.